The molecule has 0 saturated carbocycles. The molecule has 0 saturated heterocycles. The van der Waals surface area contributed by atoms with Crippen LogP contribution in [-0.4, -0.2) is 26.9 Å². The highest BCUT2D eigenvalue weighted by atomic mass is 19.1. The highest BCUT2D eigenvalue weighted by Gasteiger charge is 2.12. The Morgan fingerprint density at radius 2 is 1.80 bits per heavy atom. The number of benzene rings is 1. The van der Waals surface area contributed by atoms with E-state index in [1.165, 1.54) is 12.1 Å². The zero-order valence-corrected chi connectivity index (χ0v) is 12.3. The zero-order chi connectivity index (χ0) is 15.0. The molecular formula is C15H23F2NO2. The van der Waals surface area contributed by atoms with Gasteiger partial charge in [-0.1, -0.05) is 13.8 Å². The molecule has 1 aromatic carbocycles. The molecule has 0 fully saturated rings. The van der Waals surface area contributed by atoms with Crippen LogP contribution in [0.15, 0.2) is 12.1 Å². The third-order valence-corrected chi connectivity index (χ3v) is 2.68. The molecule has 0 atom stereocenters. The van der Waals surface area contributed by atoms with Crippen LogP contribution in [0.25, 0.3) is 0 Å². The molecule has 1 rings (SSSR count). The third-order valence-electron chi connectivity index (χ3n) is 2.68. The van der Waals surface area contributed by atoms with Gasteiger partial charge < -0.3 is 14.8 Å². The number of rotatable bonds is 9. The second kappa shape index (κ2) is 8.87. The second-order valence-corrected chi connectivity index (χ2v) is 5.11. The molecule has 0 unspecified atom stereocenters. The van der Waals surface area contributed by atoms with Crippen molar-refractivity contribution in [1.29, 1.82) is 0 Å². The number of hydrogen-bond donors (Lipinski definition) is 1. The first-order valence-electron chi connectivity index (χ1n) is 6.85. The molecule has 0 bridgehead atoms. The SMILES string of the molecule is COCCCOc1c(F)cc(CNCC(C)C)cc1F. The van der Waals surface area contributed by atoms with Crippen molar-refractivity contribution in [1.82, 2.24) is 5.32 Å². The summed E-state index contributed by atoms with van der Waals surface area (Å²) in [6.45, 7) is 6.12. The summed E-state index contributed by atoms with van der Waals surface area (Å²) in [6.07, 6.45) is 0.590. The van der Waals surface area contributed by atoms with Crippen LogP contribution < -0.4 is 10.1 Å². The van der Waals surface area contributed by atoms with Gasteiger partial charge in [-0.3, -0.25) is 0 Å². The van der Waals surface area contributed by atoms with Crippen LogP contribution in [0.3, 0.4) is 0 Å². The summed E-state index contributed by atoms with van der Waals surface area (Å²) in [5.74, 6) is -1.14. The predicted octanol–water partition coefficient (Wildman–Crippen LogP) is 3.13. The Morgan fingerprint density at radius 1 is 1.15 bits per heavy atom. The van der Waals surface area contributed by atoms with Gasteiger partial charge >= 0.3 is 0 Å². The van der Waals surface area contributed by atoms with Crippen molar-refractivity contribution in [2.45, 2.75) is 26.8 Å². The van der Waals surface area contributed by atoms with E-state index in [1.54, 1.807) is 7.11 Å². The molecule has 20 heavy (non-hydrogen) atoms. The van der Waals surface area contributed by atoms with E-state index in [-0.39, 0.29) is 12.4 Å². The highest BCUT2D eigenvalue weighted by Crippen LogP contribution is 2.23. The second-order valence-electron chi connectivity index (χ2n) is 5.11. The van der Waals surface area contributed by atoms with Crippen LogP contribution in [0.5, 0.6) is 5.75 Å². The number of hydrogen-bond acceptors (Lipinski definition) is 3. The van der Waals surface area contributed by atoms with E-state index < -0.39 is 11.6 Å². The minimum atomic E-state index is -0.663. The summed E-state index contributed by atoms with van der Waals surface area (Å²) in [5.41, 5.74) is 0.574. The van der Waals surface area contributed by atoms with Crippen molar-refractivity contribution >= 4 is 0 Å². The van der Waals surface area contributed by atoms with E-state index >= 15 is 0 Å². The van der Waals surface area contributed by atoms with Gasteiger partial charge in [-0.2, -0.15) is 0 Å². The summed E-state index contributed by atoms with van der Waals surface area (Å²) < 4.78 is 37.5. The maximum Gasteiger partial charge on any atom is 0.190 e. The summed E-state index contributed by atoms with van der Waals surface area (Å²) in [5, 5.41) is 3.14. The van der Waals surface area contributed by atoms with Crippen molar-refractivity contribution in [3.63, 3.8) is 0 Å². The van der Waals surface area contributed by atoms with Gasteiger partial charge in [-0.25, -0.2) is 8.78 Å². The first-order chi connectivity index (χ1) is 9.54. The van der Waals surface area contributed by atoms with E-state index in [2.05, 4.69) is 19.2 Å². The molecule has 0 aliphatic heterocycles. The molecule has 114 valence electrons. The lowest BCUT2D eigenvalue weighted by Crippen LogP contribution is -2.19. The smallest absolute Gasteiger partial charge is 0.190 e. The van der Waals surface area contributed by atoms with Crippen LogP contribution in [0, 0.1) is 17.6 Å². The van der Waals surface area contributed by atoms with Gasteiger partial charge in [0.2, 0.25) is 0 Å². The standard InChI is InChI=1S/C15H23F2NO2/c1-11(2)9-18-10-12-7-13(16)15(14(17)8-12)20-6-4-5-19-3/h7-8,11,18H,4-6,9-10H2,1-3H3. The fourth-order valence-corrected chi connectivity index (χ4v) is 1.74. The fraction of sp³-hybridized carbons (Fsp3) is 0.600. The van der Waals surface area contributed by atoms with Crippen LogP contribution in [0.4, 0.5) is 8.78 Å². The molecule has 0 spiro atoms. The highest BCUT2D eigenvalue weighted by molar-refractivity contribution is 5.31. The molecule has 1 aromatic rings. The average molecular weight is 287 g/mol. The van der Waals surface area contributed by atoms with E-state index in [9.17, 15) is 8.78 Å². The Balaban J connectivity index is 2.56. The lowest BCUT2D eigenvalue weighted by atomic mass is 10.1. The number of halogens is 2. The van der Waals surface area contributed by atoms with Crippen LogP contribution in [-0.2, 0) is 11.3 Å². The third kappa shape index (κ3) is 5.84. The molecule has 0 amide bonds. The first kappa shape index (κ1) is 16.9. The van der Waals surface area contributed by atoms with E-state index in [0.717, 1.165) is 6.54 Å². The molecule has 3 nitrogen and oxygen atoms in total. The Morgan fingerprint density at radius 3 is 2.35 bits per heavy atom. The molecule has 0 aromatic heterocycles. The minimum absolute atomic E-state index is 0.229. The van der Waals surface area contributed by atoms with E-state index in [1.807, 2.05) is 0 Å². The molecule has 0 aliphatic carbocycles. The Labute approximate surface area is 119 Å². The normalized spacial score (nSPS) is 11.1. The van der Waals surface area contributed by atoms with Crippen LogP contribution in [0.1, 0.15) is 25.8 Å². The summed E-state index contributed by atoms with van der Waals surface area (Å²) in [4.78, 5) is 0. The van der Waals surface area contributed by atoms with Crippen molar-refractivity contribution < 1.29 is 18.3 Å². The molecule has 1 N–H and O–H groups in total. The molecule has 5 heteroatoms. The number of methoxy groups -OCH3 is 1. The molecule has 0 aliphatic rings. The summed E-state index contributed by atoms with van der Waals surface area (Å²) in [6, 6.07) is 2.62. The first-order valence-corrected chi connectivity index (χ1v) is 6.85. The van der Waals surface area contributed by atoms with Crippen LogP contribution in [0.2, 0.25) is 0 Å². The van der Waals surface area contributed by atoms with E-state index in [4.69, 9.17) is 9.47 Å². The van der Waals surface area contributed by atoms with Crippen LogP contribution >= 0.6 is 0 Å². The fourth-order valence-electron chi connectivity index (χ4n) is 1.74. The van der Waals surface area contributed by atoms with Gasteiger partial charge in [0, 0.05) is 26.7 Å². The molecule has 0 radical (unpaired) electrons. The Hall–Kier alpha value is -1.20. The quantitative estimate of drug-likeness (QED) is 0.708. The lowest BCUT2D eigenvalue weighted by molar-refractivity contribution is 0.168. The van der Waals surface area contributed by atoms with Crippen molar-refractivity contribution in [2.24, 2.45) is 5.92 Å². The van der Waals surface area contributed by atoms with Crippen molar-refractivity contribution in [2.75, 3.05) is 26.9 Å². The topological polar surface area (TPSA) is 30.5 Å². The maximum absolute atomic E-state index is 13.8. The zero-order valence-electron chi connectivity index (χ0n) is 12.3. The van der Waals surface area contributed by atoms with Gasteiger partial charge in [0.05, 0.1) is 6.61 Å². The average Bonchev–Trinajstić information content (AvgIpc) is 2.36. The van der Waals surface area contributed by atoms with Gasteiger partial charge in [-0.05, 0) is 30.2 Å². The van der Waals surface area contributed by atoms with Gasteiger partial charge in [-0.15, -0.1) is 0 Å². The number of nitrogens with one attached hydrogen (secondary N) is 1. The monoisotopic (exact) mass is 287 g/mol. The molecule has 0 heterocycles. The lowest BCUT2D eigenvalue weighted by Gasteiger charge is -2.11. The van der Waals surface area contributed by atoms with E-state index in [0.29, 0.717) is 31.1 Å². The van der Waals surface area contributed by atoms with Crippen molar-refractivity contribution in [3.05, 3.63) is 29.3 Å². The number of ether oxygens (including phenoxy) is 2. The maximum atomic E-state index is 13.8. The Kier molecular flexibility index (Phi) is 7.47. The predicted molar refractivity (Wildman–Crippen MR) is 74.9 cm³/mol. The van der Waals surface area contributed by atoms with Gasteiger partial charge in [0.1, 0.15) is 0 Å². The summed E-state index contributed by atoms with van der Waals surface area (Å²) >= 11 is 0. The largest absolute Gasteiger partial charge is 0.488 e. The summed E-state index contributed by atoms with van der Waals surface area (Å²) in [7, 11) is 1.57. The Bertz CT molecular complexity index is 388. The van der Waals surface area contributed by atoms with Gasteiger partial charge in [0.15, 0.2) is 17.4 Å². The van der Waals surface area contributed by atoms with Crippen molar-refractivity contribution in [3.8, 4) is 5.75 Å². The minimum Gasteiger partial charge on any atom is -0.488 e. The molecular weight excluding hydrogens is 264 g/mol. The van der Waals surface area contributed by atoms with Gasteiger partial charge in [0.25, 0.3) is 0 Å².